The lowest BCUT2D eigenvalue weighted by Gasteiger charge is -2.29. The molecule has 2 aliphatic carbocycles. The van der Waals surface area contributed by atoms with Crippen LogP contribution in [0.5, 0.6) is 0 Å². The van der Waals surface area contributed by atoms with Crippen LogP contribution < -0.4 is 5.32 Å². The topological polar surface area (TPSA) is 75.6 Å². The molecule has 2 aliphatic rings. The van der Waals surface area contributed by atoms with E-state index in [4.69, 9.17) is 9.84 Å². The van der Waals surface area contributed by atoms with Gasteiger partial charge < -0.3 is 15.2 Å². The molecule has 0 aromatic carbocycles. The summed E-state index contributed by atoms with van der Waals surface area (Å²) in [6.07, 6.45) is 6.14. The molecule has 0 bridgehead atoms. The summed E-state index contributed by atoms with van der Waals surface area (Å²) in [5, 5.41) is 11.8. The fourth-order valence-corrected chi connectivity index (χ4v) is 3.12. The second-order valence-corrected chi connectivity index (χ2v) is 5.95. The minimum atomic E-state index is -0.852. The molecule has 5 nitrogen and oxygen atoms in total. The van der Waals surface area contributed by atoms with Crippen molar-refractivity contribution < 1.29 is 19.4 Å². The first-order chi connectivity index (χ1) is 9.08. The Morgan fingerprint density at radius 3 is 2.53 bits per heavy atom. The largest absolute Gasteiger partial charge is 0.481 e. The van der Waals surface area contributed by atoms with Crippen LogP contribution in [0.1, 0.15) is 38.5 Å². The number of rotatable bonds is 7. The number of hydrogen-bond acceptors (Lipinski definition) is 3. The third-order valence-corrected chi connectivity index (χ3v) is 4.58. The second-order valence-electron chi connectivity index (χ2n) is 5.95. The first-order valence-corrected chi connectivity index (χ1v) is 7.07. The maximum atomic E-state index is 11.9. The minimum absolute atomic E-state index is 0.0870. The van der Waals surface area contributed by atoms with Gasteiger partial charge in [-0.1, -0.05) is 12.8 Å². The fourth-order valence-electron chi connectivity index (χ4n) is 3.12. The van der Waals surface area contributed by atoms with Gasteiger partial charge in [0.05, 0.1) is 11.8 Å². The molecule has 0 aliphatic heterocycles. The number of carbonyl (C=O) groups excluding carboxylic acids is 1. The second kappa shape index (κ2) is 5.90. The Hall–Kier alpha value is -1.10. The van der Waals surface area contributed by atoms with Crippen LogP contribution in [0.4, 0.5) is 0 Å². The zero-order valence-electron chi connectivity index (χ0n) is 11.5. The lowest BCUT2D eigenvalue weighted by atomic mass is 9.83. The summed E-state index contributed by atoms with van der Waals surface area (Å²) in [4.78, 5) is 22.6. The Balaban J connectivity index is 1.79. The number of nitrogens with one attached hydrogen (secondary N) is 1. The molecule has 0 heterocycles. The summed E-state index contributed by atoms with van der Waals surface area (Å²) < 4.78 is 5.15. The van der Waals surface area contributed by atoms with Crippen molar-refractivity contribution in [1.82, 2.24) is 5.32 Å². The monoisotopic (exact) mass is 269 g/mol. The molecule has 19 heavy (non-hydrogen) atoms. The molecule has 2 atom stereocenters. The predicted molar refractivity (Wildman–Crippen MR) is 69.6 cm³/mol. The van der Waals surface area contributed by atoms with Crippen molar-refractivity contribution in [1.29, 1.82) is 0 Å². The first-order valence-electron chi connectivity index (χ1n) is 7.07. The summed E-state index contributed by atoms with van der Waals surface area (Å²) in [5.74, 6) is -1.71. The van der Waals surface area contributed by atoms with E-state index >= 15 is 0 Å². The van der Waals surface area contributed by atoms with Crippen molar-refractivity contribution >= 4 is 11.9 Å². The Morgan fingerprint density at radius 2 is 2.00 bits per heavy atom. The van der Waals surface area contributed by atoms with Crippen molar-refractivity contribution in [3.63, 3.8) is 0 Å². The van der Waals surface area contributed by atoms with Crippen LogP contribution >= 0.6 is 0 Å². The molecule has 1 amide bonds. The molecule has 2 saturated carbocycles. The third kappa shape index (κ3) is 3.47. The number of hydrogen-bond donors (Lipinski definition) is 2. The Kier molecular flexibility index (Phi) is 4.45. The van der Waals surface area contributed by atoms with Crippen molar-refractivity contribution in [2.45, 2.75) is 38.5 Å². The Labute approximate surface area is 113 Å². The van der Waals surface area contributed by atoms with E-state index in [0.717, 1.165) is 25.9 Å². The van der Waals surface area contributed by atoms with Crippen LogP contribution in [-0.2, 0) is 14.3 Å². The van der Waals surface area contributed by atoms with Crippen molar-refractivity contribution in [2.75, 3.05) is 20.3 Å². The van der Waals surface area contributed by atoms with E-state index in [2.05, 4.69) is 5.32 Å². The zero-order valence-corrected chi connectivity index (χ0v) is 11.5. The molecule has 0 spiro atoms. The van der Waals surface area contributed by atoms with Gasteiger partial charge in [0.15, 0.2) is 0 Å². The van der Waals surface area contributed by atoms with Crippen LogP contribution in [0, 0.1) is 17.3 Å². The Bertz CT molecular complexity index is 349. The highest BCUT2D eigenvalue weighted by atomic mass is 16.5. The maximum absolute atomic E-state index is 11.9. The summed E-state index contributed by atoms with van der Waals surface area (Å²) in [5.41, 5.74) is 0.166. The van der Waals surface area contributed by atoms with E-state index < -0.39 is 11.9 Å². The van der Waals surface area contributed by atoms with Crippen LogP contribution in [0.25, 0.3) is 0 Å². The van der Waals surface area contributed by atoms with E-state index in [0.29, 0.717) is 13.0 Å². The normalized spacial score (nSPS) is 28.1. The van der Waals surface area contributed by atoms with Crippen LogP contribution in [0.3, 0.4) is 0 Å². The fraction of sp³-hybridized carbons (Fsp3) is 0.857. The van der Waals surface area contributed by atoms with Gasteiger partial charge in [-0.15, -0.1) is 0 Å². The summed E-state index contributed by atoms with van der Waals surface area (Å²) in [7, 11) is 1.70. The highest BCUT2D eigenvalue weighted by Crippen LogP contribution is 2.42. The van der Waals surface area contributed by atoms with Crippen molar-refractivity contribution in [3.8, 4) is 0 Å². The van der Waals surface area contributed by atoms with Gasteiger partial charge in [0.25, 0.3) is 0 Å². The summed E-state index contributed by atoms with van der Waals surface area (Å²) in [6.45, 7) is 1.38. The molecular weight excluding hydrogens is 246 g/mol. The van der Waals surface area contributed by atoms with Crippen LogP contribution in [-0.4, -0.2) is 37.2 Å². The van der Waals surface area contributed by atoms with Crippen LogP contribution in [0.2, 0.25) is 0 Å². The first kappa shape index (κ1) is 14.3. The van der Waals surface area contributed by atoms with Gasteiger partial charge in [0.1, 0.15) is 0 Å². The van der Waals surface area contributed by atoms with Crippen molar-refractivity contribution in [2.24, 2.45) is 17.3 Å². The maximum Gasteiger partial charge on any atom is 0.307 e. The van der Waals surface area contributed by atoms with Crippen LogP contribution in [0.15, 0.2) is 0 Å². The van der Waals surface area contributed by atoms with Gasteiger partial charge in [-0.05, 0) is 31.1 Å². The summed E-state index contributed by atoms with van der Waals surface area (Å²) in [6, 6.07) is 0. The molecule has 0 aromatic rings. The summed E-state index contributed by atoms with van der Waals surface area (Å²) >= 11 is 0. The number of carboxylic acid groups (broad SMARTS) is 1. The minimum Gasteiger partial charge on any atom is -0.481 e. The molecular formula is C14H23NO4. The lowest BCUT2D eigenvalue weighted by molar-refractivity contribution is -0.140. The van der Waals surface area contributed by atoms with Gasteiger partial charge in [0, 0.05) is 20.3 Å². The molecule has 5 heteroatoms. The lowest BCUT2D eigenvalue weighted by Crippen LogP contribution is -2.37. The SMILES string of the molecule is COCCC1(CNC(=O)C2CC2C(=O)O)CCCC1. The van der Waals surface area contributed by atoms with Gasteiger partial charge in [-0.3, -0.25) is 9.59 Å². The number of aliphatic carboxylic acids is 1. The molecule has 0 radical (unpaired) electrons. The van der Waals surface area contributed by atoms with E-state index in [9.17, 15) is 9.59 Å². The molecule has 2 rings (SSSR count). The number of carbonyl (C=O) groups is 2. The van der Waals surface area contributed by atoms with E-state index in [-0.39, 0.29) is 17.2 Å². The standard InChI is InChI=1S/C14H23NO4/c1-19-7-6-14(4-2-3-5-14)9-15-12(16)10-8-11(10)13(17)18/h10-11H,2-9H2,1H3,(H,15,16)(H,17,18). The average Bonchev–Trinajstić information content (AvgIpc) is 3.08. The quantitative estimate of drug-likeness (QED) is 0.733. The highest BCUT2D eigenvalue weighted by Gasteiger charge is 2.48. The van der Waals surface area contributed by atoms with Crippen molar-refractivity contribution in [3.05, 3.63) is 0 Å². The predicted octanol–water partition coefficient (Wildman–Crippen LogP) is 1.42. The zero-order chi connectivity index (χ0) is 13.9. The number of methoxy groups -OCH3 is 1. The van der Waals surface area contributed by atoms with E-state index in [1.807, 2.05) is 0 Å². The van der Waals surface area contributed by atoms with Gasteiger partial charge in [-0.25, -0.2) is 0 Å². The molecule has 2 fully saturated rings. The van der Waals surface area contributed by atoms with Gasteiger partial charge in [0.2, 0.25) is 5.91 Å². The molecule has 2 N–H and O–H groups in total. The molecule has 108 valence electrons. The number of amides is 1. The third-order valence-electron chi connectivity index (χ3n) is 4.58. The molecule has 0 saturated heterocycles. The highest BCUT2D eigenvalue weighted by molar-refractivity contribution is 5.89. The van der Waals surface area contributed by atoms with Gasteiger partial charge >= 0.3 is 5.97 Å². The molecule has 0 aromatic heterocycles. The number of ether oxygens (including phenoxy) is 1. The van der Waals surface area contributed by atoms with E-state index in [1.165, 1.54) is 12.8 Å². The number of carboxylic acids is 1. The van der Waals surface area contributed by atoms with Gasteiger partial charge in [-0.2, -0.15) is 0 Å². The molecule has 2 unspecified atom stereocenters. The Morgan fingerprint density at radius 1 is 1.32 bits per heavy atom. The average molecular weight is 269 g/mol. The van der Waals surface area contributed by atoms with E-state index in [1.54, 1.807) is 7.11 Å². The smallest absolute Gasteiger partial charge is 0.307 e.